The summed E-state index contributed by atoms with van der Waals surface area (Å²) in [6.45, 7) is 4.83. The lowest BCUT2D eigenvalue weighted by Crippen LogP contribution is -2.10. The third kappa shape index (κ3) is 4.87. The van der Waals surface area contributed by atoms with Gasteiger partial charge in [-0.05, 0) is 37.8 Å². The lowest BCUT2D eigenvalue weighted by molar-refractivity contribution is 0.0599. The van der Waals surface area contributed by atoms with Crippen molar-refractivity contribution in [1.29, 1.82) is 0 Å². The third-order valence-corrected chi connectivity index (χ3v) is 2.98. The van der Waals surface area contributed by atoms with Gasteiger partial charge in [0, 0.05) is 13.2 Å². The summed E-state index contributed by atoms with van der Waals surface area (Å²) in [6, 6.07) is 3.49. The van der Waals surface area contributed by atoms with Crippen molar-refractivity contribution >= 4 is 11.8 Å². The highest BCUT2D eigenvalue weighted by atomic mass is 16.5. The van der Waals surface area contributed by atoms with Gasteiger partial charge in [-0.25, -0.2) is 9.78 Å². The van der Waals surface area contributed by atoms with Crippen LogP contribution in [0.25, 0.3) is 0 Å². The van der Waals surface area contributed by atoms with Crippen LogP contribution in [0.4, 0.5) is 5.82 Å². The molecule has 1 aromatic rings. The van der Waals surface area contributed by atoms with E-state index in [2.05, 4.69) is 15.0 Å². The number of ether oxygens (including phenoxy) is 1. The van der Waals surface area contributed by atoms with Crippen LogP contribution in [0, 0.1) is 12.8 Å². The molecule has 0 aliphatic heterocycles. The monoisotopic (exact) mass is 266 g/mol. The fourth-order valence-corrected chi connectivity index (χ4v) is 1.74. The fourth-order valence-electron chi connectivity index (χ4n) is 1.74. The molecular formula is C14H22N2O3. The number of pyridine rings is 1. The molecule has 106 valence electrons. The minimum absolute atomic E-state index is 0.227. The number of rotatable bonds is 7. The van der Waals surface area contributed by atoms with Crippen molar-refractivity contribution in [2.45, 2.75) is 26.7 Å². The van der Waals surface area contributed by atoms with E-state index in [0.717, 1.165) is 25.2 Å². The second-order valence-corrected chi connectivity index (χ2v) is 4.68. The van der Waals surface area contributed by atoms with Crippen LogP contribution in [0.2, 0.25) is 0 Å². The highest BCUT2D eigenvalue weighted by Crippen LogP contribution is 2.12. The molecule has 19 heavy (non-hydrogen) atoms. The van der Waals surface area contributed by atoms with Gasteiger partial charge in [0.15, 0.2) is 0 Å². The molecule has 0 aliphatic rings. The summed E-state index contributed by atoms with van der Waals surface area (Å²) in [4.78, 5) is 15.7. The van der Waals surface area contributed by atoms with E-state index in [1.807, 2.05) is 6.92 Å². The highest BCUT2D eigenvalue weighted by Gasteiger charge is 2.10. The van der Waals surface area contributed by atoms with E-state index in [9.17, 15) is 4.79 Å². The molecule has 0 aromatic carbocycles. The van der Waals surface area contributed by atoms with Crippen molar-refractivity contribution in [3.8, 4) is 0 Å². The maximum atomic E-state index is 11.4. The predicted octanol–water partition coefficient (Wildman–Crippen LogP) is 2.00. The second-order valence-electron chi connectivity index (χ2n) is 4.68. The molecule has 0 bridgehead atoms. The maximum Gasteiger partial charge on any atom is 0.339 e. The van der Waals surface area contributed by atoms with Crippen LogP contribution in [-0.4, -0.2) is 36.3 Å². The number of carbonyl (C=O) groups excluding carboxylic acids is 1. The van der Waals surface area contributed by atoms with Gasteiger partial charge in [-0.3, -0.25) is 0 Å². The first kappa shape index (κ1) is 15.4. The van der Waals surface area contributed by atoms with Gasteiger partial charge in [-0.2, -0.15) is 0 Å². The van der Waals surface area contributed by atoms with Gasteiger partial charge in [0.2, 0.25) is 0 Å². The number of anilines is 1. The van der Waals surface area contributed by atoms with Gasteiger partial charge in [0.05, 0.1) is 18.4 Å². The normalized spacial score (nSPS) is 12.0. The molecule has 0 fully saturated rings. The molecule has 2 N–H and O–H groups in total. The van der Waals surface area contributed by atoms with Crippen molar-refractivity contribution in [2.75, 3.05) is 25.6 Å². The van der Waals surface area contributed by atoms with Gasteiger partial charge >= 0.3 is 5.97 Å². The van der Waals surface area contributed by atoms with E-state index >= 15 is 0 Å². The number of aliphatic hydroxyl groups is 1. The van der Waals surface area contributed by atoms with E-state index in [0.29, 0.717) is 17.2 Å². The Bertz CT molecular complexity index is 421. The zero-order valence-electron chi connectivity index (χ0n) is 11.8. The number of hydrogen-bond acceptors (Lipinski definition) is 5. The molecule has 0 spiro atoms. The van der Waals surface area contributed by atoms with Crippen LogP contribution in [0.1, 0.15) is 35.8 Å². The minimum Gasteiger partial charge on any atom is -0.465 e. The van der Waals surface area contributed by atoms with Gasteiger partial charge in [0.1, 0.15) is 5.82 Å². The van der Waals surface area contributed by atoms with Gasteiger partial charge in [-0.15, -0.1) is 0 Å². The number of esters is 1. The highest BCUT2D eigenvalue weighted by molar-refractivity contribution is 5.90. The fraction of sp³-hybridized carbons (Fsp3) is 0.571. The largest absolute Gasteiger partial charge is 0.465 e. The number of aliphatic hydroxyl groups excluding tert-OH is 1. The second kappa shape index (κ2) is 7.74. The Morgan fingerprint density at radius 2 is 2.26 bits per heavy atom. The zero-order chi connectivity index (χ0) is 14.3. The number of aromatic nitrogens is 1. The number of nitrogens with one attached hydrogen (secondary N) is 1. The molecule has 0 aliphatic carbocycles. The summed E-state index contributed by atoms with van der Waals surface area (Å²) in [7, 11) is 1.36. The van der Waals surface area contributed by atoms with Crippen molar-refractivity contribution < 1.29 is 14.6 Å². The van der Waals surface area contributed by atoms with Gasteiger partial charge < -0.3 is 15.2 Å². The molecule has 1 atom stereocenters. The van der Waals surface area contributed by atoms with Gasteiger partial charge in [0.25, 0.3) is 0 Å². The van der Waals surface area contributed by atoms with Crippen LogP contribution in [-0.2, 0) is 4.74 Å². The maximum absolute atomic E-state index is 11.4. The first-order valence-electron chi connectivity index (χ1n) is 6.49. The SMILES string of the molecule is COC(=O)c1ccc(NCCCC(C)CO)nc1C. The average molecular weight is 266 g/mol. The van der Waals surface area contributed by atoms with E-state index in [1.54, 1.807) is 19.1 Å². The molecule has 1 heterocycles. The Kier molecular flexibility index (Phi) is 6.29. The quantitative estimate of drug-likeness (QED) is 0.583. The standard InChI is InChI=1S/C14H22N2O3/c1-10(9-17)5-4-8-15-13-7-6-12(11(2)16-13)14(18)19-3/h6-7,10,17H,4-5,8-9H2,1-3H3,(H,15,16). The summed E-state index contributed by atoms with van der Waals surface area (Å²) in [5.74, 6) is 0.716. The molecule has 0 saturated carbocycles. The molecule has 0 saturated heterocycles. The predicted molar refractivity (Wildman–Crippen MR) is 74.3 cm³/mol. The Morgan fingerprint density at radius 3 is 2.84 bits per heavy atom. The number of nitrogens with zero attached hydrogens (tertiary/aromatic N) is 1. The average Bonchev–Trinajstić information content (AvgIpc) is 2.42. The number of methoxy groups -OCH3 is 1. The van der Waals surface area contributed by atoms with Crippen molar-refractivity contribution in [1.82, 2.24) is 4.98 Å². The molecule has 5 heteroatoms. The first-order valence-corrected chi connectivity index (χ1v) is 6.49. The molecule has 5 nitrogen and oxygen atoms in total. The van der Waals surface area contributed by atoms with E-state index in [1.165, 1.54) is 7.11 Å². The van der Waals surface area contributed by atoms with Crippen molar-refractivity contribution in [2.24, 2.45) is 5.92 Å². The van der Waals surface area contributed by atoms with Gasteiger partial charge in [-0.1, -0.05) is 6.92 Å². The van der Waals surface area contributed by atoms with Crippen molar-refractivity contribution in [3.05, 3.63) is 23.4 Å². The Labute approximate surface area is 114 Å². The van der Waals surface area contributed by atoms with Crippen LogP contribution in [0.3, 0.4) is 0 Å². The zero-order valence-corrected chi connectivity index (χ0v) is 11.8. The first-order chi connectivity index (χ1) is 9.08. The number of carbonyl (C=O) groups is 1. The van der Waals surface area contributed by atoms with E-state index in [4.69, 9.17) is 5.11 Å². The Balaban J connectivity index is 2.48. The Hall–Kier alpha value is -1.62. The lowest BCUT2D eigenvalue weighted by Gasteiger charge is -2.10. The smallest absolute Gasteiger partial charge is 0.339 e. The van der Waals surface area contributed by atoms with Crippen LogP contribution in [0.15, 0.2) is 12.1 Å². The molecule has 1 aromatic heterocycles. The molecule has 0 radical (unpaired) electrons. The third-order valence-electron chi connectivity index (χ3n) is 2.98. The molecular weight excluding hydrogens is 244 g/mol. The lowest BCUT2D eigenvalue weighted by atomic mass is 10.1. The van der Waals surface area contributed by atoms with Crippen LogP contribution in [0.5, 0.6) is 0 Å². The molecule has 1 unspecified atom stereocenters. The summed E-state index contributed by atoms with van der Waals surface area (Å²) < 4.78 is 4.67. The summed E-state index contributed by atoms with van der Waals surface area (Å²) in [6.07, 6.45) is 1.95. The minimum atomic E-state index is -0.367. The number of hydrogen-bond donors (Lipinski definition) is 2. The van der Waals surface area contributed by atoms with E-state index in [-0.39, 0.29) is 12.6 Å². The molecule has 0 amide bonds. The topological polar surface area (TPSA) is 71.5 Å². The summed E-state index contributed by atoms with van der Waals surface area (Å²) in [5, 5.41) is 12.1. The van der Waals surface area contributed by atoms with E-state index < -0.39 is 0 Å². The molecule has 1 rings (SSSR count). The van der Waals surface area contributed by atoms with Crippen LogP contribution >= 0.6 is 0 Å². The number of aryl methyl sites for hydroxylation is 1. The summed E-state index contributed by atoms with van der Waals surface area (Å²) >= 11 is 0. The summed E-state index contributed by atoms with van der Waals surface area (Å²) in [5.41, 5.74) is 1.14. The van der Waals surface area contributed by atoms with Crippen LogP contribution < -0.4 is 5.32 Å². The Morgan fingerprint density at radius 1 is 1.53 bits per heavy atom. The van der Waals surface area contributed by atoms with Crippen molar-refractivity contribution in [3.63, 3.8) is 0 Å².